The fourth-order valence-electron chi connectivity index (χ4n) is 6.71. The number of carbonyl (C=O) groups excluding carboxylic acids is 5. The summed E-state index contributed by atoms with van der Waals surface area (Å²) >= 11 is 0. The zero-order chi connectivity index (χ0) is 43.2. The van der Waals surface area contributed by atoms with Crippen molar-refractivity contribution >= 4 is 29.5 Å². The summed E-state index contributed by atoms with van der Waals surface area (Å²) in [5.74, 6) is -3.88. The number of aryl methyl sites for hydroxylation is 1. The van der Waals surface area contributed by atoms with Gasteiger partial charge in [-0.15, -0.1) is 0 Å². The van der Waals surface area contributed by atoms with Crippen LogP contribution >= 0.6 is 0 Å². The van der Waals surface area contributed by atoms with Gasteiger partial charge >= 0.3 is 0 Å². The Kier molecular flexibility index (Phi) is 13.3. The Morgan fingerprint density at radius 1 is 0.983 bits per heavy atom. The van der Waals surface area contributed by atoms with Crippen molar-refractivity contribution in [2.75, 3.05) is 20.2 Å². The molecule has 0 aliphatic carbocycles. The molecule has 0 radical (unpaired) electrons. The summed E-state index contributed by atoms with van der Waals surface area (Å²) in [6.45, 7) is 8.49. The van der Waals surface area contributed by atoms with Gasteiger partial charge in [-0.2, -0.15) is 5.26 Å². The van der Waals surface area contributed by atoms with Crippen molar-refractivity contribution in [2.24, 2.45) is 0 Å². The van der Waals surface area contributed by atoms with Gasteiger partial charge in [0.2, 0.25) is 23.6 Å². The lowest BCUT2D eigenvalue weighted by Crippen LogP contribution is -2.56. The molecule has 1 aliphatic heterocycles. The highest BCUT2D eigenvalue weighted by molar-refractivity contribution is 6.00. The third-order valence-corrected chi connectivity index (χ3v) is 10.1. The highest BCUT2D eigenvalue weighted by atomic mass is 16.3. The zero-order valence-electron chi connectivity index (χ0n) is 33.7. The van der Waals surface area contributed by atoms with E-state index < -0.39 is 60.3 Å². The van der Waals surface area contributed by atoms with Crippen LogP contribution in [0, 0.1) is 18.3 Å². The zero-order valence-corrected chi connectivity index (χ0v) is 33.7. The average molecular weight is 805 g/mol. The molecular weight excluding hydrogens is 757 g/mol. The second-order valence-corrected chi connectivity index (χ2v) is 15.4. The Balaban J connectivity index is 1.47. The normalized spacial score (nSPS) is 17.3. The number of aliphatic hydroxyl groups is 1. The molecule has 0 saturated carbocycles. The van der Waals surface area contributed by atoms with Crippen molar-refractivity contribution in [3.63, 3.8) is 0 Å². The number of carbonyl (C=O) groups is 5. The molecule has 0 fully saturated rings. The summed E-state index contributed by atoms with van der Waals surface area (Å²) in [5, 5.41) is 51.2. The van der Waals surface area contributed by atoms with Crippen LogP contribution in [0.3, 0.4) is 0 Å². The minimum Gasteiger partial charge on any atom is -0.507 e. The molecule has 2 heterocycles. The van der Waals surface area contributed by atoms with Gasteiger partial charge in [0.25, 0.3) is 5.91 Å². The lowest BCUT2D eigenvalue weighted by molar-refractivity contribution is -0.142. The Hall–Kier alpha value is -6.86. The molecule has 0 saturated heterocycles. The lowest BCUT2D eigenvalue weighted by atomic mass is 9.87. The molecule has 1 aromatic heterocycles. The van der Waals surface area contributed by atoms with Gasteiger partial charge in [-0.25, -0.2) is 9.97 Å². The third kappa shape index (κ3) is 10.00. The minimum absolute atomic E-state index is 0.0488. The molecule has 308 valence electrons. The van der Waals surface area contributed by atoms with Crippen molar-refractivity contribution in [3.8, 4) is 40.1 Å². The highest BCUT2D eigenvalue weighted by Crippen LogP contribution is 2.39. The molecular formula is C43H48N8O8. The first-order chi connectivity index (χ1) is 27.9. The second-order valence-electron chi connectivity index (χ2n) is 15.4. The predicted octanol–water partition coefficient (Wildman–Crippen LogP) is 2.69. The van der Waals surface area contributed by atoms with E-state index in [9.17, 15) is 39.3 Å². The number of hydrogen-bond acceptors (Lipinski definition) is 11. The van der Waals surface area contributed by atoms with Crippen molar-refractivity contribution in [2.45, 2.75) is 77.0 Å². The molecule has 4 bridgehead atoms. The van der Waals surface area contributed by atoms with Crippen LogP contribution in [0.4, 0.5) is 0 Å². The molecule has 16 nitrogen and oxygen atoms in total. The Morgan fingerprint density at radius 2 is 1.64 bits per heavy atom. The highest BCUT2D eigenvalue weighted by Gasteiger charge is 2.36. The molecule has 0 unspecified atom stereocenters. The fraction of sp³-hybridized carbons (Fsp3) is 0.349. The summed E-state index contributed by atoms with van der Waals surface area (Å²) in [7, 11) is 1.31. The van der Waals surface area contributed by atoms with Gasteiger partial charge in [0.15, 0.2) is 5.82 Å². The largest absolute Gasteiger partial charge is 0.507 e. The van der Waals surface area contributed by atoms with Crippen LogP contribution in [-0.2, 0) is 31.0 Å². The average Bonchev–Trinajstić information content (AvgIpc) is 3.19. The van der Waals surface area contributed by atoms with Crippen LogP contribution < -0.4 is 21.3 Å². The molecule has 0 spiro atoms. The first-order valence-electron chi connectivity index (χ1n) is 19.0. The van der Waals surface area contributed by atoms with Crippen molar-refractivity contribution in [1.82, 2.24) is 36.1 Å². The van der Waals surface area contributed by atoms with E-state index in [0.29, 0.717) is 17.1 Å². The minimum atomic E-state index is -1.49. The van der Waals surface area contributed by atoms with Gasteiger partial charge in [-0.05, 0) is 66.6 Å². The van der Waals surface area contributed by atoms with Crippen LogP contribution in [0.2, 0.25) is 0 Å². The van der Waals surface area contributed by atoms with E-state index in [1.807, 2.05) is 24.3 Å². The van der Waals surface area contributed by atoms with Gasteiger partial charge < -0.3 is 41.5 Å². The Morgan fingerprint density at radius 3 is 2.27 bits per heavy atom. The van der Waals surface area contributed by atoms with Crippen molar-refractivity contribution < 1.29 is 39.3 Å². The monoisotopic (exact) mass is 804 g/mol. The van der Waals surface area contributed by atoms with E-state index in [0.717, 1.165) is 16.0 Å². The van der Waals surface area contributed by atoms with E-state index in [2.05, 4.69) is 52.0 Å². The molecule has 16 heteroatoms. The van der Waals surface area contributed by atoms with Crippen LogP contribution in [0.15, 0.2) is 66.9 Å². The number of nitrogens with one attached hydrogen (secondary N) is 4. The number of phenols is 2. The number of amides is 5. The number of aliphatic hydroxyl groups excluding tert-OH is 1. The number of nitrogens with zero attached hydrogens (tertiary/aromatic N) is 4. The van der Waals surface area contributed by atoms with Crippen LogP contribution in [0.1, 0.15) is 72.9 Å². The fourth-order valence-corrected chi connectivity index (χ4v) is 6.71. The second kappa shape index (κ2) is 18.2. The maximum Gasteiger partial charge on any atom is 0.255 e. The predicted molar refractivity (Wildman–Crippen MR) is 216 cm³/mol. The number of rotatable bonds is 9. The number of phenolic OH excluding ortho intramolecular Hbond substituents is 2. The van der Waals surface area contributed by atoms with Crippen molar-refractivity contribution in [3.05, 3.63) is 94.8 Å². The summed E-state index contributed by atoms with van der Waals surface area (Å²) in [5.41, 5.74) is 3.10. The number of aromatic nitrogens is 2. The number of hydrogen-bond donors (Lipinski definition) is 7. The van der Waals surface area contributed by atoms with Gasteiger partial charge in [-0.3, -0.25) is 24.0 Å². The number of benzene rings is 3. The molecule has 1 aliphatic rings. The van der Waals surface area contributed by atoms with E-state index >= 15 is 0 Å². The first-order valence-corrected chi connectivity index (χ1v) is 19.0. The molecule has 5 rings (SSSR count). The van der Waals surface area contributed by atoms with Gasteiger partial charge in [0, 0.05) is 43.0 Å². The Bertz CT molecular complexity index is 2300. The third-order valence-electron chi connectivity index (χ3n) is 10.1. The first kappa shape index (κ1) is 43.3. The quantitative estimate of drug-likeness (QED) is 0.121. The number of aromatic hydroxyl groups is 2. The summed E-state index contributed by atoms with van der Waals surface area (Å²) in [4.78, 5) is 78.7. The van der Waals surface area contributed by atoms with Crippen molar-refractivity contribution in [1.29, 1.82) is 5.26 Å². The van der Waals surface area contributed by atoms with E-state index in [1.165, 1.54) is 56.6 Å². The summed E-state index contributed by atoms with van der Waals surface area (Å²) in [6, 6.07) is 12.8. The maximum atomic E-state index is 14.3. The maximum absolute atomic E-state index is 14.3. The molecule has 4 atom stereocenters. The molecule has 4 aromatic rings. The Labute approximate surface area is 341 Å². The van der Waals surface area contributed by atoms with Crippen LogP contribution in [0.5, 0.6) is 11.5 Å². The number of likely N-dealkylation sites (N-methyl/N-ethyl adjacent to an activating group) is 1. The van der Waals surface area contributed by atoms with Gasteiger partial charge in [0.05, 0.1) is 17.3 Å². The van der Waals surface area contributed by atoms with E-state index in [-0.39, 0.29) is 58.6 Å². The van der Waals surface area contributed by atoms with E-state index in [4.69, 9.17) is 5.26 Å². The SMILES string of the molecule is Cc1nc(-c2ccc(C(C)(C)C)cc2)ncc1C(=O)N[C@@H](CCO)C(=O)N(C)[C@@H]1C(=O)N[C@@H](C)C(=O)N[C@H](C(=O)NCC#N)Cc2ccc(O)c(c2)-c2cc1ccc2O. The van der Waals surface area contributed by atoms with Gasteiger partial charge in [-0.1, -0.05) is 57.2 Å². The summed E-state index contributed by atoms with van der Waals surface area (Å²) < 4.78 is 0. The molecule has 3 aromatic carbocycles. The molecule has 59 heavy (non-hydrogen) atoms. The number of fused-ring (bicyclic) bond motifs is 5. The standard InChI is InChI=1S/C43H48N8O8/c1-23-31(22-46-37(47-23)26-8-11-28(12-9-26)43(3,4)5)39(56)49-32(15-18-52)42(59)51(6)36-27-10-14-35(54)30(21-27)29-19-25(7-13-34(29)53)20-33(40(57)45-17-16-44)50-38(55)24(2)48-41(36)58/h7-14,19,21-22,24,32-33,36,52-54H,15,17-18,20H2,1-6H3,(H,45,57)(H,48,58)(H,49,56)(H,50,55)/t24-,32-,33-,36-/m0/s1. The topological polar surface area (TPSA) is 247 Å². The van der Waals surface area contributed by atoms with Crippen LogP contribution in [0.25, 0.3) is 22.5 Å². The number of nitriles is 1. The van der Waals surface area contributed by atoms with Crippen LogP contribution in [-0.4, -0.2) is 98.0 Å². The summed E-state index contributed by atoms with van der Waals surface area (Å²) in [6.07, 6.45) is 1.04. The van der Waals surface area contributed by atoms with E-state index in [1.54, 1.807) is 13.0 Å². The van der Waals surface area contributed by atoms with Gasteiger partial charge in [0.1, 0.15) is 42.2 Å². The smallest absolute Gasteiger partial charge is 0.255 e. The molecule has 7 N–H and O–H groups in total. The lowest BCUT2D eigenvalue weighted by Gasteiger charge is -2.32. The molecule has 5 amide bonds.